The Labute approximate surface area is 77.3 Å². The fourth-order valence-corrected chi connectivity index (χ4v) is 1.99. The molecule has 1 aliphatic carbocycles. The predicted octanol–water partition coefficient (Wildman–Crippen LogP) is 1.58. The van der Waals surface area contributed by atoms with Crippen molar-refractivity contribution in [3.8, 4) is 0 Å². The van der Waals surface area contributed by atoms with Gasteiger partial charge in [0.05, 0.1) is 11.1 Å². The largest absolute Gasteiger partial charge is 0.481 e. The molecule has 0 amide bonds. The lowest BCUT2D eigenvalue weighted by Gasteiger charge is -2.15. The van der Waals surface area contributed by atoms with Crippen molar-refractivity contribution < 1.29 is 15.1 Å². The molecule has 2 atom stereocenters. The lowest BCUT2D eigenvalue weighted by atomic mass is 9.89. The monoisotopic (exact) mass is 185 g/mol. The van der Waals surface area contributed by atoms with Crippen LogP contribution in [0.2, 0.25) is 0 Å². The van der Waals surface area contributed by atoms with E-state index in [1.807, 2.05) is 13.8 Å². The molecular formula is C9H15NO3. The summed E-state index contributed by atoms with van der Waals surface area (Å²) in [6.07, 6.45) is 0.593. The van der Waals surface area contributed by atoms with Gasteiger partial charge < -0.3 is 10.3 Å². The highest BCUT2D eigenvalue weighted by atomic mass is 16.4. The number of aliphatic carboxylic acids is 1. The van der Waals surface area contributed by atoms with Crippen molar-refractivity contribution in [3.63, 3.8) is 0 Å². The summed E-state index contributed by atoms with van der Waals surface area (Å²) in [6, 6.07) is 0. The Morgan fingerprint density at radius 2 is 2.15 bits per heavy atom. The molecule has 2 N–H and O–H groups in total. The van der Waals surface area contributed by atoms with Crippen LogP contribution in [0.3, 0.4) is 0 Å². The van der Waals surface area contributed by atoms with E-state index in [2.05, 4.69) is 5.16 Å². The van der Waals surface area contributed by atoms with Gasteiger partial charge in [-0.2, -0.15) is 0 Å². The number of hydrogen-bond acceptors (Lipinski definition) is 3. The number of oxime groups is 1. The Morgan fingerprint density at radius 3 is 2.38 bits per heavy atom. The van der Waals surface area contributed by atoms with E-state index in [4.69, 9.17) is 10.3 Å². The van der Waals surface area contributed by atoms with Crippen molar-refractivity contribution in [1.82, 2.24) is 0 Å². The maximum atomic E-state index is 11.0. The molecule has 74 valence electrons. The number of carboxylic acid groups (broad SMARTS) is 1. The van der Waals surface area contributed by atoms with Gasteiger partial charge in [-0.3, -0.25) is 4.79 Å². The quantitative estimate of drug-likeness (QED) is 0.398. The smallest absolute Gasteiger partial charge is 0.310 e. The van der Waals surface area contributed by atoms with Crippen LogP contribution in [0.5, 0.6) is 0 Å². The molecule has 0 heterocycles. The number of carboxylic acids is 1. The highest BCUT2D eigenvalue weighted by molar-refractivity contribution is 5.95. The number of nitrogens with zero attached hydrogens (tertiary/aromatic N) is 1. The molecule has 13 heavy (non-hydrogen) atoms. The van der Waals surface area contributed by atoms with Crippen molar-refractivity contribution in [1.29, 1.82) is 0 Å². The molecular weight excluding hydrogens is 170 g/mol. The zero-order valence-corrected chi connectivity index (χ0v) is 8.11. The van der Waals surface area contributed by atoms with Crippen LogP contribution in [0, 0.1) is 17.3 Å². The minimum atomic E-state index is -0.782. The second kappa shape index (κ2) is 3.01. The minimum absolute atomic E-state index is 0.0756. The van der Waals surface area contributed by atoms with Gasteiger partial charge in [0.2, 0.25) is 0 Å². The molecule has 1 rings (SSSR count). The first kappa shape index (κ1) is 10.0. The topological polar surface area (TPSA) is 69.9 Å². The molecule has 1 saturated carbocycles. The van der Waals surface area contributed by atoms with Crippen LogP contribution in [0.25, 0.3) is 0 Å². The Bertz CT molecular complexity index is 260. The van der Waals surface area contributed by atoms with Crippen LogP contribution in [-0.2, 0) is 4.79 Å². The molecule has 0 saturated heterocycles. The molecule has 2 unspecified atom stereocenters. The van der Waals surface area contributed by atoms with Gasteiger partial charge >= 0.3 is 5.97 Å². The van der Waals surface area contributed by atoms with Crippen LogP contribution in [0.1, 0.15) is 27.2 Å². The maximum absolute atomic E-state index is 11.0. The second-order valence-electron chi connectivity index (χ2n) is 4.00. The van der Waals surface area contributed by atoms with E-state index in [-0.39, 0.29) is 11.8 Å². The van der Waals surface area contributed by atoms with Crippen molar-refractivity contribution in [2.24, 2.45) is 22.4 Å². The Balaban J connectivity index is 2.85. The Hall–Kier alpha value is -1.06. The van der Waals surface area contributed by atoms with E-state index in [0.29, 0.717) is 12.1 Å². The molecule has 0 bridgehead atoms. The van der Waals surface area contributed by atoms with Crippen molar-refractivity contribution in [3.05, 3.63) is 0 Å². The molecule has 4 heteroatoms. The van der Waals surface area contributed by atoms with E-state index in [9.17, 15) is 4.79 Å². The van der Waals surface area contributed by atoms with Crippen LogP contribution in [-0.4, -0.2) is 22.0 Å². The summed E-state index contributed by atoms with van der Waals surface area (Å²) in [5.41, 5.74) is -0.160. The van der Waals surface area contributed by atoms with Crippen LogP contribution in [0.15, 0.2) is 5.16 Å². The van der Waals surface area contributed by atoms with Gasteiger partial charge in [0, 0.05) is 5.92 Å². The summed E-state index contributed by atoms with van der Waals surface area (Å²) < 4.78 is 0. The lowest BCUT2D eigenvalue weighted by molar-refractivity contribution is -0.145. The summed E-state index contributed by atoms with van der Waals surface area (Å²) in [6.45, 7) is 5.44. The highest BCUT2D eigenvalue weighted by Crippen LogP contribution is 2.58. The van der Waals surface area contributed by atoms with E-state index < -0.39 is 11.4 Å². The fourth-order valence-electron chi connectivity index (χ4n) is 1.99. The average molecular weight is 185 g/mol. The summed E-state index contributed by atoms with van der Waals surface area (Å²) in [7, 11) is 0. The maximum Gasteiger partial charge on any atom is 0.310 e. The minimum Gasteiger partial charge on any atom is -0.481 e. The van der Waals surface area contributed by atoms with Crippen molar-refractivity contribution >= 4 is 11.7 Å². The van der Waals surface area contributed by atoms with Crippen molar-refractivity contribution in [2.75, 3.05) is 0 Å². The van der Waals surface area contributed by atoms with E-state index >= 15 is 0 Å². The molecule has 1 fully saturated rings. The first-order chi connectivity index (χ1) is 5.96. The zero-order valence-electron chi connectivity index (χ0n) is 8.11. The summed E-state index contributed by atoms with van der Waals surface area (Å²) in [5, 5.41) is 20.7. The number of carbonyl (C=O) groups is 1. The van der Waals surface area contributed by atoms with Crippen LogP contribution in [0.4, 0.5) is 0 Å². The lowest BCUT2D eigenvalue weighted by Crippen LogP contribution is -2.25. The van der Waals surface area contributed by atoms with Crippen LogP contribution >= 0.6 is 0 Å². The van der Waals surface area contributed by atoms with Crippen molar-refractivity contribution in [2.45, 2.75) is 27.2 Å². The molecule has 0 radical (unpaired) electrons. The molecule has 0 aromatic rings. The molecule has 0 spiro atoms. The summed E-state index contributed by atoms with van der Waals surface area (Å²) in [4.78, 5) is 11.0. The first-order valence-electron chi connectivity index (χ1n) is 4.38. The summed E-state index contributed by atoms with van der Waals surface area (Å²) >= 11 is 0. The molecule has 0 aromatic heterocycles. The van der Waals surface area contributed by atoms with Gasteiger partial charge in [-0.15, -0.1) is 0 Å². The second-order valence-corrected chi connectivity index (χ2v) is 4.00. The first-order valence-corrected chi connectivity index (χ1v) is 4.38. The predicted molar refractivity (Wildman–Crippen MR) is 47.9 cm³/mol. The standard InChI is InChI=1S/C9H15NO3/c1-5(2)9(8(11)12)4-7(9)6(3)10-13/h5,7,13H,4H2,1-3H3,(H,11,12)/b10-6+. The van der Waals surface area contributed by atoms with Gasteiger partial charge in [0.25, 0.3) is 0 Å². The van der Waals surface area contributed by atoms with Gasteiger partial charge in [-0.05, 0) is 19.3 Å². The number of hydrogen-bond donors (Lipinski definition) is 2. The van der Waals surface area contributed by atoms with Gasteiger partial charge in [0.15, 0.2) is 0 Å². The Morgan fingerprint density at radius 1 is 1.62 bits per heavy atom. The molecule has 0 aliphatic heterocycles. The number of rotatable bonds is 3. The normalized spacial score (nSPS) is 33.5. The summed E-state index contributed by atoms with van der Waals surface area (Å²) in [5.74, 6) is -0.794. The third-order valence-electron chi connectivity index (χ3n) is 3.09. The highest BCUT2D eigenvalue weighted by Gasteiger charge is 2.63. The van der Waals surface area contributed by atoms with Gasteiger partial charge in [-0.25, -0.2) is 0 Å². The van der Waals surface area contributed by atoms with E-state index in [1.54, 1.807) is 6.92 Å². The van der Waals surface area contributed by atoms with Gasteiger partial charge in [-0.1, -0.05) is 19.0 Å². The van der Waals surface area contributed by atoms with Crippen LogP contribution < -0.4 is 0 Å². The van der Waals surface area contributed by atoms with Gasteiger partial charge in [0.1, 0.15) is 0 Å². The average Bonchev–Trinajstić information content (AvgIpc) is 2.78. The molecule has 1 aliphatic rings. The molecule has 0 aromatic carbocycles. The van der Waals surface area contributed by atoms with E-state index in [1.165, 1.54) is 0 Å². The Kier molecular flexibility index (Phi) is 2.32. The molecule has 4 nitrogen and oxygen atoms in total. The van der Waals surface area contributed by atoms with E-state index in [0.717, 1.165) is 0 Å². The SMILES string of the molecule is C/C(=N\O)C1CC1(C(=O)O)C(C)C. The fraction of sp³-hybridized carbons (Fsp3) is 0.778. The zero-order chi connectivity index (χ0) is 10.2. The third-order valence-corrected chi connectivity index (χ3v) is 3.09. The third kappa shape index (κ3) is 1.30.